The van der Waals surface area contributed by atoms with Crippen LogP contribution >= 0.6 is 0 Å². The van der Waals surface area contributed by atoms with Crippen molar-refractivity contribution in [3.05, 3.63) is 24.5 Å². The fraction of sp³-hybridized carbons (Fsp3) is 0. The van der Waals surface area contributed by atoms with E-state index in [0.29, 0.717) is 11.5 Å². The summed E-state index contributed by atoms with van der Waals surface area (Å²) in [6, 6.07) is 3.22. The van der Waals surface area contributed by atoms with Crippen molar-refractivity contribution in [2.24, 2.45) is 0 Å². The van der Waals surface area contributed by atoms with Gasteiger partial charge in [0.05, 0.1) is 6.20 Å². The van der Waals surface area contributed by atoms with Crippen molar-refractivity contribution in [1.29, 1.82) is 0 Å². The minimum absolute atomic E-state index is 0.377. The maximum Gasteiger partial charge on any atom is 0.410 e. The lowest BCUT2D eigenvalue weighted by molar-refractivity contribution is 0.209. The van der Waals surface area contributed by atoms with E-state index in [1.165, 1.54) is 16.8 Å². The highest BCUT2D eigenvalue weighted by Crippen LogP contribution is 2.07. The van der Waals surface area contributed by atoms with Gasteiger partial charge in [-0.25, -0.2) is 9.78 Å². The zero-order valence-electron chi connectivity index (χ0n) is 6.51. The van der Waals surface area contributed by atoms with E-state index in [0.717, 1.165) is 0 Å². The van der Waals surface area contributed by atoms with Gasteiger partial charge >= 0.3 is 6.09 Å². The molecule has 0 atom stereocenters. The number of fused-ring (bicyclic) bond motifs is 1. The molecular weight excluding hydrogens is 172 g/mol. The quantitative estimate of drug-likeness (QED) is 0.677. The summed E-state index contributed by atoms with van der Waals surface area (Å²) in [5, 5.41) is 14.6. The van der Waals surface area contributed by atoms with Crippen LogP contribution in [0, 0.1) is 0 Å². The lowest BCUT2D eigenvalue weighted by Gasteiger charge is -2.01. The molecule has 2 N–H and O–H groups in total. The molecule has 0 radical (unpaired) electrons. The molecule has 0 bridgehead atoms. The first kappa shape index (κ1) is 7.53. The van der Waals surface area contributed by atoms with Gasteiger partial charge in [0.1, 0.15) is 5.82 Å². The lowest BCUT2D eigenvalue weighted by Crippen LogP contribution is -2.11. The highest BCUT2D eigenvalue weighted by molar-refractivity contribution is 5.81. The van der Waals surface area contributed by atoms with Gasteiger partial charge in [-0.05, 0) is 6.07 Å². The highest BCUT2D eigenvalue weighted by Gasteiger charge is 2.03. The van der Waals surface area contributed by atoms with Crippen molar-refractivity contribution in [1.82, 2.24) is 14.6 Å². The van der Waals surface area contributed by atoms with E-state index in [1.54, 1.807) is 12.3 Å². The van der Waals surface area contributed by atoms with Crippen LogP contribution in [0.4, 0.5) is 10.6 Å². The second-order valence-corrected chi connectivity index (χ2v) is 2.36. The Balaban J connectivity index is 2.54. The molecule has 13 heavy (non-hydrogen) atoms. The maximum atomic E-state index is 10.4. The molecule has 66 valence electrons. The number of amides is 1. The molecule has 0 saturated heterocycles. The fourth-order valence-corrected chi connectivity index (χ4v) is 1.04. The van der Waals surface area contributed by atoms with Gasteiger partial charge < -0.3 is 5.11 Å². The highest BCUT2D eigenvalue weighted by atomic mass is 16.4. The second kappa shape index (κ2) is 2.74. The molecule has 1 amide bonds. The van der Waals surface area contributed by atoms with Gasteiger partial charge in [0.25, 0.3) is 0 Å². The van der Waals surface area contributed by atoms with Crippen LogP contribution in [0.3, 0.4) is 0 Å². The number of aromatic nitrogens is 3. The van der Waals surface area contributed by atoms with Gasteiger partial charge in [0, 0.05) is 12.3 Å². The summed E-state index contributed by atoms with van der Waals surface area (Å²) in [5.74, 6) is 0.377. The predicted octanol–water partition coefficient (Wildman–Crippen LogP) is 0.819. The van der Waals surface area contributed by atoms with Crippen molar-refractivity contribution < 1.29 is 9.90 Å². The van der Waals surface area contributed by atoms with Gasteiger partial charge in [0.2, 0.25) is 0 Å². The van der Waals surface area contributed by atoms with Gasteiger partial charge in [-0.3, -0.25) is 5.32 Å². The number of nitrogens with one attached hydrogen (secondary N) is 1. The molecule has 2 aromatic heterocycles. The van der Waals surface area contributed by atoms with Crippen LogP contribution < -0.4 is 5.32 Å². The van der Waals surface area contributed by atoms with Crippen LogP contribution in [0.25, 0.3) is 5.65 Å². The molecule has 0 saturated carbocycles. The molecule has 6 nitrogen and oxygen atoms in total. The number of carboxylic acid groups (broad SMARTS) is 1. The summed E-state index contributed by atoms with van der Waals surface area (Å²) in [4.78, 5) is 14.3. The van der Waals surface area contributed by atoms with Gasteiger partial charge in [0.15, 0.2) is 5.65 Å². The Hall–Kier alpha value is -2.11. The number of nitrogens with zero attached hydrogens (tertiary/aromatic N) is 3. The summed E-state index contributed by atoms with van der Waals surface area (Å²) in [6.07, 6.45) is 1.94. The Morgan fingerprint density at radius 2 is 2.31 bits per heavy atom. The van der Waals surface area contributed by atoms with E-state index in [2.05, 4.69) is 15.4 Å². The van der Waals surface area contributed by atoms with Crippen LogP contribution in [0.2, 0.25) is 0 Å². The average Bonchev–Trinajstić information content (AvgIpc) is 2.51. The maximum absolute atomic E-state index is 10.4. The molecule has 0 aliphatic rings. The summed E-state index contributed by atoms with van der Waals surface area (Å²) < 4.78 is 1.41. The van der Waals surface area contributed by atoms with E-state index in [9.17, 15) is 4.79 Å². The summed E-state index contributed by atoms with van der Waals surface area (Å²) in [6.45, 7) is 0. The van der Waals surface area contributed by atoms with Gasteiger partial charge in [-0.1, -0.05) is 0 Å². The van der Waals surface area contributed by atoms with Gasteiger partial charge in [-0.2, -0.15) is 9.61 Å². The standard InChI is InChI=1S/C7H6N4O2/c12-7(13)10-6-1-3-8-5-2-4-9-11(5)6/h1-4,10H,(H,12,13). The van der Waals surface area contributed by atoms with Gasteiger partial charge in [-0.15, -0.1) is 0 Å². The zero-order chi connectivity index (χ0) is 9.26. The van der Waals surface area contributed by atoms with Crippen molar-refractivity contribution >= 4 is 17.6 Å². The molecule has 2 rings (SSSR count). The first-order valence-electron chi connectivity index (χ1n) is 3.56. The lowest BCUT2D eigenvalue weighted by atomic mass is 10.5. The van der Waals surface area contributed by atoms with E-state index >= 15 is 0 Å². The van der Waals surface area contributed by atoms with Crippen molar-refractivity contribution in [2.45, 2.75) is 0 Å². The summed E-state index contributed by atoms with van der Waals surface area (Å²) >= 11 is 0. The normalized spacial score (nSPS) is 10.2. The van der Waals surface area contributed by atoms with E-state index in [-0.39, 0.29) is 0 Å². The van der Waals surface area contributed by atoms with Crippen LogP contribution in [-0.2, 0) is 0 Å². The molecule has 0 aromatic carbocycles. The van der Waals surface area contributed by atoms with Crippen molar-refractivity contribution in [3.8, 4) is 0 Å². The molecular formula is C7H6N4O2. The monoisotopic (exact) mass is 178 g/mol. The molecule has 2 heterocycles. The van der Waals surface area contributed by atoms with Crippen LogP contribution in [0.1, 0.15) is 0 Å². The number of carbonyl (C=O) groups is 1. The Morgan fingerprint density at radius 3 is 3.08 bits per heavy atom. The zero-order valence-corrected chi connectivity index (χ0v) is 6.51. The molecule has 0 fully saturated rings. The van der Waals surface area contributed by atoms with Crippen LogP contribution in [-0.4, -0.2) is 25.8 Å². The van der Waals surface area contributed by atoms with Crippen LogP contribution in [0.5, 0.6) is 0 Å². The van der Waals surface area contributed by atoms with Crippen molar-refractivity contribution in [2.75, 3.05) is 5.32 Å². The summed E-state index contributed by atoms with van der Waals surface area (Å²) in [7, 11) is 0. The Bertz CT molecular complexity index is 450. The van der Waals surface area contributed by atoms with E-state index in [1.807, 2.05) is 0 Å². The molecule has 6 heteroatoms. The van der Waals surface area contributed by atoms with E-state index < -0.39 is 6.09 Å². The fourth-order valence-electron chi connectivity index (χ4n) is 1.04. The largest absolute Gasteiger partial charge is 0.465 e. The smallest absolute Gasteiger partial charge is 0.410 e. The Kier molecular flexibility index (Phi) is 1.59. The van der Waals surface area contributed by atoms with Crippen molar-refractivity contribution in [3.63, 3.8) is 0 Å². The number of hydrogen-bond acceptors (Lipinski definition) is 3. The molecule has 2 aromatic rings. The molecule has 0 spiro atoms. The first-order valence-corrected chi connectivity index (χ1v) is 3.56. The third-order valence-corrected chi connectivity index (χ3v) is 1.53. The number of hydrogen-bond donors (Lipinski definition) is 2. The average molecular weight is 178 g/mol. The SMILES string of the molecule is O=C(O)Nc1ccnc2ccnn12. The molecule has 0 unspecified atom stereocenters. The number of rotatable bonds is 1. The molecule has 0 aliphatic carbocycles. The Morgan fingerprint density at radius 1 is 1.46 bits per heavy atom. The minimum Gasteiger partial charge on any atom is -0.465 e. The predicted molar refractivity (Wildman–Crippen MR) is 44.6 cm³/mol. The van der Waals surface area contributed by atoms with Crippen LogP contribution in [0.15, 0.2) is 24.5 Å². The Labute approximate surface area is 72.8 Å². The molecule has 0 aliphatic heterocycles. The minimum atomic E-state index is -1.12. The second-order valence-electron chi connectivity index (χ2n) is 2.36. The topological polar surface area (TPSA) is 79.5 Å². The first-order chi connectivity index (χ1) is 6.27. The van der Waals surface area contributed by atoms with E-state index in [4.69, 9.17) is 5.11 Å². The number of anilines is 1. The third-order valence-electron chi connectivity index (χ3n) is 1.53. The summed E-state index contributed by atoms with van der Waals surface area (Å²) in [5.41, 5.74) is 0.603. The third kappa shape index (κ3) is 1.28.